The van der Waals surface area contributed by atoms with Gasteiger partial charge in [0.15, 0.2) is 15.0 Å². The molecule has 1 aromatic heterocycles. The molecule has 0 bridgehead atoms. The van der Waals surface area contributed by atoms with Gasteiger partial charge in [-0.1, -0.05) is 11.3 Å². The highest BCUT2D eigenvalue weighted by atomic mass is 32.2. The second-order valence-corrected chi connectivity index (χ2v) is 12.5. The molecule has 0 N–H and O–H groups in total. The first-order chi connectivity index (χ1) is 13.5. The summed E-state index contributed by atoms with van der Waals surface area (Å²) >= 11 is 0.890. The van der Waals surface area contributed by atoms with Crippen LogP contribution in [0.4, 0.5) is 14.7 Å². The molecule has 1 aliphatic rings. The van der Waals surface area contributed by atoms with Crippen LogP contribution >= 0.6 is 11.3 Å². The second-order valence-electron chi connectivity index (χ2n) is 9.31. The quantitative estimate of drug-likeness (QED) is 0.670. The van der Waals surface area contributed by atoms with E-state index in [1.54, 1.807) is 41.5 Å². The number of sulfone groups is 1. The third-order valence-electron chi connectivity index (χ3n) is 4.10. The molecule has 170 valence electrons. The van der Waals surface area contributed by atoms with Crippen LogP contribution in [-0.4, -0.2) is 61.5 Å². The fourth-order valence-electron chi connectivity index (χ4n) is 2.92. The lowest BCUT2D eigenvalue weighted by molar-refractivity contribution is 0.0219. The smallest absolute Gasteiger partial charge is 0.416 e. The maximum Gasteiger partial charge on any atom is 0.416 e. The van der Waals surface area contributed by atoms with Crippen molar-refractivity contribution in [3.05, 3.63) is 5.69 Å². The predicted octanol–water partition coefficient (Wildman–Crippen LogP) is 3.99. The summed E-state index contributed by atoms with van der Waals surface area (Å²) < 4.78 is 35.8. The van der Waals surface area contributed by atoms with E-state index in [9.17, 15) is 18.0 Å². The summed E-state index contributed by atoms with van der Waals surface area (Å²) in [6.07, 6.45) is 1.19. The largest absolute Gasteiger partial charge is 0.444 e. The Labute approximate surface area is 182 Å². The second kappa shape index (κ2) is 8.33. The van der Waals surface area contributed by atoms with Gasteiger partial charge in [0.05, 0.1) is 11.7 Å². The molecule has 0 spiro atoms. The van der Waals surface area contributed by atoms with Gasteiger partial charge in [-0.25, -0.2) is 23.0 Å². The Morgan fingerprint density at radius 3 is 2.20 bits per heavy atom. The number of hydrogen-bond acceptors (Lipinski definition) is 8. The molecule has 2 amide bonds. The number of carbonyl (C=O) groups is 2. The van der Waals surface area contributed by atoms with Gasteiger partial charge in [0.2, 0.25) is 0 Å². The molecule has 9 nitrogen and oxygen atoms in total. The Hall–Kier alpha value is -1.88. The fraction of sp³-hybridized carbons (Fsp3) is 0.737. The Morgan fingerprint density at radius 1 is 1.13 bits per heavy atom. The maximum atomic E-state index is 12.7. The molecule has 0 aromatic carbocycles. The first-order valence-electron chi connectivity index (χ1n) is 9.67. The number of anilines is 1. The van der Waals surface area contributed by atoms with Crippen molar-refractivity contribution < 1.29 is 27.5 Å². The van der Waals surface area contributed by atoms with Gasteiger partial charge in [-0.2, -0.15) is 0 Å². The first kappa shape index (κ1) is 24.4. The lowest BCUT2D eigenvalue weighted by Crippen LogP contribution is -2.37. The summed E-state index contributed by atoms with van der Waals surface area (Å²) in [6.45, 7) is 11.0. The van der Waals surface area contributed by atoms with E-state index in [0.717, 1.165) is 17.6 Å². The normalized spacial score (nSPS) is 17.7. The Balaban J connectivity index is 2.42. The number of aromatic nitrogens is 1. The van der Waals surface area contributed by atoms with Crippen molar-refractivity contribution in [2.24, 2.45) is 0 Å². The molecule has 1 atom stereocenters. The molecule has 30 heavy (non-hydrogen) atoms. The Morgan fingerprint density at radius 2 is 1.70 bits per heavy atom. The van der Waals surface area contributed by atoms with Gasteiger partial charge in [-0.05, 0) is 54.4 Å². The van der Waals surface area contributed by atoms with Crippen LogP contribution in [0.25, 0.3) is 0 Å². The van der Waals surface area contributed by atoms with Crippen LogP contribution in [0, 0.1) is 0 Å². The van der Waals surface area contributed by atoms with Gasteiger partial charge >= 0.3 is 12.2 Å². The number of rotatable bonds is 3. The molecule has 0 unspecified atom stereocenters. The highest BCUT2D eigenvalue weighted by Crippen LogP contribution is 2.40. The van der Waals surface area contributed by atoms with Crippen LogP contribution < -0.4 is 4.90 Å². The minimum Gasteiger partial charge on any atom is -0.444 e. The van der Waals surface area contributed by atoms with E-state index < -0.39 is 39.3 Å². The number of thiazole rings is 1. The van der Waals surface area contributed by atoms with Crippen molar-refractivity contribution in [2.45, 2.75) is 75.8 Å². The Kier molecular flexibility index (Phi) is 6.78. The van der Waals surface area contributed by atoms with Crippen LogP contribution in [0.1, 0.15) is 66.1 Å². The first-order valence-corrected chi connectivity index (χ1v) is 12.4. The highest BCUT2D eigenvalue weighted by molar-refractivity contribution is 7.92. The van der Waals surface area contributed by atoms with Crippen LogP contribution in [0.3, 0.4) is 0 Å². The highest BCUT2D eigenvalue weighted by Gasteiger charge is 2.38. The van der Waals surface area contributed by atoms with Crippen molar-refractivity contribution in [2.75, 3.05) is 24.7 Å². The zero-order valence-electron chi connectivity index (χ0n) is 18.8. The number of ether oxygens (including phenoxy) is 2. The molecule has 1 aliphatic heterocycles. The Bertz CT molecular complexity index is 912. The third-order valence-corrected chi connectivity index (χ3v) is 7.08. The number of carbonyl (C=O) groups excluding carboxylic acids is 2. The van der Waals surface area contributed by atoms with E-state index in [0.29, 0.717) is 19.4 Å². The van der Waals surface area contributed by atoms with E-state index in [4.69, 9.17) is 9.47 Å². The van der Waals surface area contributed by atoms with Crippen LogP contribution in [0.5, 0.6) is 0 Å². The van der Waals surface area contributed by atoms with Crippen molar-refractivity contribution in [3.63, 3.8) is 0 Å². The van der Waals surface area contributed by atoms with Crippen LogP contribution in [-0.2, 0) is 19.3 Å². The lowest BCUT2D eigenvalue weighted by Gasteiger charge is -2.28. The van der Waals surface area contributed by atoms with E-state index in [1.807, 2.05) is 0 Å². The zero-order chi connectivity index (χ0) is 23.1. The molecule has 1 fully saturated rings. The topological polar surface area (TPSA) is 106 Å². The van der Waals surface area contributed by atoms with Crippen molar-refractivity contribution in [3.8, 4) is 0 Å². The molecule has 0 aliphatic carbocycles. The van der Waals surface area contributed by atoms with Crippen LogP contribution in [0.15, 0.2) is 4.21 Å². The molecule has 0 radical (unpaired) electrons. The molecule has 2 heterocycles. The van der Waals surface area contributed by atoms with Gasteiger partial charge in [0, 0.05) is 19.8 Å². The van der Waals surface area contributed by atoms with Gasteiger partial charge in [0.1, 0.15) is 15.4 Å². The number of amides is 2. The van der Waals surface area contributed by atoms with E-state index in [-0.39, 0.29) is 15.0 Å². The SMILES string of the molecule is CN(C(=O)OC(C)(C)C)c1nc([C@H]2CCCN2C(=O)OC(C)(C)C)c(S(C)(=O)=O)s1. The molecule has 2 rings (SSSR count). The minimum atomic E-state index is -3.63. The minimum absolute atomic E-state index is 0.0355. The third kappa shape index (κ3) is 6.07. The van der Waals surface area contributed by atoms with E-state index in [2.05, 4.69) is 4.98 Å². The van der Waals surface area contributed by atoms with Crippen LogP contribution in [0.2, 0.25) is 0 Å². The number of likely N-dealkylation sites (tertiary alicyclic amines) is 1. The van der Waals surface area contributed by atoms with Gasteiger partial charge < -0.3 is 9.47 Å². The summed E-state index contributed by atoms with van der Waals surface area (Å²) in [7, 11) is -2.15. The van der Waals surface area contributed by atoms with E-state index in [1.165, 1.54) is 16.8 Å². The molecule has 1 saturated heterocycles. The van der Waals surface area contributed by atoms with E-state index >= 15 is 0 Å². The number of nitrogens with zero attached hydrogens (tertiary/aromatic N) is 3. The molecular weight excluding hydrogens is 430 g/mol. The average molecular weight is 462 g/mol. The lowest BCUT2D eigenvalue weighted by atomic mass is 10.2. The summed E-state index contributed by atoms with van der Waals surface area (Å²) in [5.74, 6) is 0. The number of hydrogen-bond donors (Lipinski definition) is 0. The van der Waals surface area contributed by atoms with Gasteiger partial charge in [-0.15, -0.1) is 0 Å². The molecular formula is C19H31N3O6S2. The van der Waals surface area contributed by atoms with Gasteiger partial charge in [0.25, 0.3) is 0 Å². The summed E-state index contributed by atoms with van der Waals surface area (Å²) in [5.41, 5.74) is -1.12. The molecule has 1 aromatic rings. The molecule has 11 heteroatoms. The maximum absolute atomic E-state index is 12.7. The monoisotopic (exact) mass is 461 g/mol. The van der Waals surface area contributed by atoms with Crippen molar-refractivity contribution >= 4 is 38.5 Å². The van der Waals surface area contributed by atoms with Crippen molar-refractivity contribution in [1.82, 2.24) is 9.88 Å². The summed E-state index contributed by atoms with van der Waals surface area (Å²) in [5, 5.41) is 0.190. The zero-order valence-corrected chi connectivity index (χ0v) is 20.4. The summed E-state index contributed by atoms with van der Waals surface area (Å²) in [6, 6.07) is -0.540. The van der Waals surface area contributed by atoms with Crippen molar-refractivity contribution in [1.29, 1.82) is 0 Å². The van der Waals surface area contributed by atoms with Gasteiger partial charge in [-0.3, -0.25) is 9.80 Å². The summed E-state index contributed by atoms with van der Waals surface area (Å²) in [4.78, 5) is 32.2. The average Bonchev–Trinajstić information content (AvgIpc) is 3.16. The standard InChI is InChI=1S/C19H31N3O6S2/c1-18(2,3)27-16(23)21(7)15-20-13(14(29-15)30(8,25)26)12-10-9-11-22(12)17(24)28-19(4,5)6/h12H,9-11H2,1-8H3/t12-/m1/s1. The predicted molar refractivity (Wildman–Crippen MR) is 115 cm³/mol. The fourth-order valence-corrected chi connectivity index (χ4v) is 5.12. The molecule has 0 saturated carbocycles.